The lowest BCUT2D eigenvalue weighted by Gasteiger charge is -2.12. The first-order chi connectivity index (χ1) is 9.58. The number of hydrogen-bond donors (Lipinski definition) is 1. The summed E-state index contributed by atoms with van der Waals surface area (Å²) in [5.41, 5.74) is 1.07. The molecule has 20 heavy (non-hydrogen) atoms. The summed E-state index contributed by atoms with van der Waals surface area (Å²) < 4.78 is 5.60. The average molecular weight is 276 g/mol. The van der Waals surface area contributed by atoms with Crippen LogP contribution in [-0.2, 0) is 9.59 Å². The maximum absolute atomic E-state index is 11.9. The van der Waals surface area contributed by atoms with Crippen LogP contribution in [-0.4, -0.2) is 43.5 Å². The molecule has 1 aliphatic rings. The summed E-state index contributed by atoms with van der Waals surface area (Å²) in [6, 6.07) is 7.76. The monoisotopic (exact) mass is 276 g/mol. The molecular weight excluding hydrogens is 256 g/mol. The Bertz CT molecular complexity index is 502. The molecule has 0 unspecified atom stereocenters. The quantitative estimate of drug-likeness (QED) is 0.815. The number of nitrogens with zero attached hydrogens (tertiary/aromatic N) is 1. The average Bonchev–Trinajstić information content (AvgIpc) is 2.76. The zero-order valence-electron chi connectivity index (χ0n) is 11.9. The third-order valence-electron chi connectivity index (χ3n) is 3.46. The molecule has 108 valence electrons. The Morgan fingerprint density at radius 2 is 2.20 bits per heavy atom. The first kappa shape index (κ1) is 14.4. The van der Waals surface area contributed by atoms with Crippen LogP contribution in [0.1, 0.15) is 12.0 Å². The second kappa shape index (κ2) is 6.41. The number of ether oxygens (including phenoxy) is 1. The molecule has 0 radical (unpaired) electrons. The fourth-order valence-corrected chi connectivity index (χ4v) is 2.24. The van der Waals surface area contributed by atoms with E-state index in [1.807, 2.05) is 31.2 Å². The molecule has 0 aliphatic carbocycles. The second-order valence-electron chi connectivity index (χ2n) is 5.08. The van der Waals surface area contributed by atoms with E-state index in [9.17, 15) is 9.59 Å². The van der Waals surface area contributed by atoms with Gasteiger partial charge in [0.15, 0.2) is 0 Å². The molecule has 1 aliphatic heterocycles. The first-order valence-corrected chi connectivity index (χ1v) is 6.78. The molecule has 0 bridgehead atoms. The topological polar surface area (TPSA) is 58.6 Å². The van der Waals surface area contributed by atoms with Gasteiger partial charge in [-0.2, -0.15) is 0 Å². The van der Waals surface area contributed by atoms with E-state index in [-0.39, 0.29) is 17.7 Å². The summed E-state index contributed by atoms with van der Waals surface area (Å²) in [5.74, 6) is 0.556. The third-order valence-corrected chi connectivity index (χ3v) is 3.46. The van der Waals surface area contributed by atoms with Crippen LogP contribution in [0, 0.1) is 12.8 Å². The molecular formula is C15H20N2O3. The lowest BCUT2D eigenvalue weighted by atomic mass is 10.1. The van der Waals surface area contributed by atoms with Crippen LogP contribution in [0.5, 0.6) is 5.75 Å². The number of carbonyl (C=O) groups excluding carboxylic acids is 2. The van der Waals surface area contributed by atoms with Crippen LogP contribution in [0.25, 0.3) is 0 Å². The normalized spacial score (nSPS) is 18.2. The van der Waals surface area contributed by atoms with Gasteiger partial charge in [0.05, 0.1) is 12.5 Å². The Hall–Kier alpha value is -2.04. The van der Waals surface area contributed by atoms with Crippen LogP contribution in [0.2, 0.25) is 0 Å². The maximum Gasteiger partial charge on any atom is 0.225 e. The van der Waals surface area contributed by atoms with Gasteiger partial charge in [-0.3, -0.25) is 9.59 Å². The lowest BCUT2D eigenvalue weighted by Crippen LogP contribution is -2.34. The Labute approximate surface area is 118 Å². The van der Waals surface area contributed by atoms with Crippen molar-refractivity contribution < 1.29 is 14.3 Å². The molecule has 0 saturated carbocycles. The number of para-hydroxylation sites is 1. The summed E-state index contributed by atoms with van der Waals surface area (Å²) in [6.07, 6.45) is 0.307. The minimum Gasteiger partial charge on any atom is -0.491 e. The van der Waals surface area contributed by atoms with E-state index >= 15 is 0 Å². The van der Waals surface area contributed by atoms with Gasteiger partial charge in [-0.05, 0) is 18.6 Å². The van der Waals surface area contributed by atoms with Gasteiger partial charge in [-0.25, -0.2) is 0 Å². The zero-order chi connectivity index (χ0) is 14.5. The molecule has 1 fully saturated rings. The lowest BCUT2D eigenvalue weighted by molar-refractivity contribution is -0.128. The fraction of sp³-hybridized carbons (Fsp3) is 0.467. The predicted molar refractivity (Wildman–Crippen MR) is 75.4 cm³/mol. The van der Waals surface area contributed by atoms with Crippen molar-refractivity contribution in [2.45, 2.75) is 13.3 Å². The molecule has 0 spiro atoms. The van der Waals surface area contributed by atoms with Crippen LogP contribution < -0.4 is 10.1 Å². The minimum absolute atomic E-state index is 0.0290. The number of nitrogens with one attached hydrogen (secondary N) is 1. The van der Waals surface area contributed by atoms with E-state index in [1.165, 1.54) is 0 Å². The molecule has 2 amide bonds. The molecule has 5 nitrogen and oxygen atoms in total. The summed E-state index contributed by atoms with van der Waals surface area (Å²) in [6.45, 7) is 3.35. The van der Waals surface area contributed by atoms with Crippen molar-refractivity contribution in [1.82, 2.24) is 10.2 Å². The number of hydrogen-bond acceptors (Lipinski definition) is 3. The van der Waals surface area contributed by atoms with Gasteiger partial charge in [0.25, 0.3) is 0 Å². The smallest absolute Gasteiger partial charge is 0.225 e. The predicted octanol–water partition coefficient (Wildman–Crippen LogP) is 0.968. The maximum atomic E-state index is 11.9. The van der Waals surface area contributed by atoms with E-state index in [0.717, 1.165) is 11.3 Å². The number of benzene rings is 1. The number of carbonyl (C=O) groups is 2. The van der Waals surface area contributed by atoms with Crippen molar-refractivity contribution in [2.24, 2.45) is 5.92 Å². The highest BCUT2D eigenvalue weighted by molar-refractivity contribution is 5.89. The third kappa shape index (κ3) is 3.50. The molecule has 0 aromatic heterocycles. The van der Waals surface area contributed by atoms with Crippen LogP contribution in [0.15, 0.2) is 24.3 Å². The molecule has 1 aromatic rings. The Balaban J connectivity index is 1.70. The Morgan fingerprint density at radius 3 is 2.85 bits per heavy atom. The largest absolute Gasteiger partial charge is 0.491 e. The van der Waals surface area contributed by atoms with Gasteiger partial charge in [0.2, 0.25) is 11.8 Å². The molecule has 5 heteroatoms. The fourth-order valence-electron chi connectivity index (χ4n) is 2.24. The number of likely N-dealkylation sites (tertiary alicyclic amines) is 1. The second-order valence-corrected chi connectivity index (χ2v) is 5.08. The van der Waals surface area contributed by atoms with Crippen molar-refractivity contribution >= 4 is 11.8 Å². The SMILES string of the molecule is Cc1ccccc1OCCNC(=O)[C@@H]1CC(=O)N(C)C1. The van der Waals surface area contributed by atoms with E-state index in [1.54, 1.807) is 11.9 Å². The van der Waals surface area contributed by atoms with Crippen molar-refractivity contribution in [3.63, 3.8) is 0 Å². The zero-order valence-corrected chi connectivity index (χ0v) is 11.9. The van der Waals surface area contributed by atoms with E-state index in [2.05, 4.69) is 5.32 Å². The number of rotatable bonds is 5. The van der Waals surface area contributed by atoms with E-state index < -0.39 is 0 Å². The Kier molecular flexibility index (Phi) is 4.61. The molecule has 1 N–H and O–H groups in total. The van der Waals surface area contributed by atoms with Gasteiger partial charge >= 0.3 is 0 Å². The number of aryl methyl sites for hydroxylation is 1. The summed E-state index contributed by atoms with van der Waals surface area (Å²) >= 11 is 0. The van der Waals surface area contributed by atoms with E-state index in [0.29, 0.717) is 26.1 Å². The highest BCUT2D eigenvalue weighted by atomic mass is 16.5. The van der Waals surface area contributed by atoms with Gasteiger partial charge in [-0.15, -0.1) is 0 Å². The molecule has 1 saturated heterocycles. The van der Waals surface area contributed by atoms with E-state index in [4.69, 9.17) is 4.74 Å². The summed E-state index contributed by atoms with van der Waals surface area (Å²) in [5, 5.41) is 2.81. The highest BCUT2D eigenvalue weighted by Gasteiger charge is 2.31. The van der Waals surface area contributed by atoms with Crippen LogP contribution in [0.3, 0.4) is 0 Å². The highest BCUT2D eigenvalue weighted by Crippen LogP contribution is 2.16. The Morgan fingerprint density at radius 1 is 1.45 bits per heavy atom. The van der Waals surface area contributed by atoms with Gasteiger partial charge < -0.3 is 15.0 Å². The summed E-state index contributed by atoms with van der Waals surface area (Å²) in [4.78, 5) is 24.8. The number of amides is 2. The molecule has 1 aromatic carbocycles. The first-order valence-electron chi connectivity index (χ1n) is 6.78. The van der Waals surface area contributed by atoms with Crippen molar-refractivity contribution in [3.05, 3.63) is 29.8 Å². The van der Waals surface area contributed by atoms with Crippen molar-refractivity contribution in [1.29, 1.82) is 0 Å². The van der Waals surface area contributed by atoms with Crippen LogP contribution >= 0.6 is 0 Å². The van der Waals surface area contributed by atoms with Gasteiger partial charge in [0.1, 0.15) is 12.4 Å². The minimum atomic E-state index is -0.231. The van der Waals surface area contributed by atoms with Gasteiger partial charge in [0, 0.05) is 20.0 Å². The van der Waals surface area contributed by atoms with Crippen molar-refractivity contribution in [2.75, 3.05) is 26.7 Å². The molecule has 1 atom stereocenters. The van der Waals surface area contributed by atoms with Crippen molar-refractivity contribution in [3.8, 4) is 5.75 Å². The molecule has 1 heterocycles. The molecule has 2 rings (SSSR count). The van der Waals surface area contributed by atoms with Gasteiger partial charge in [-0.1, -0.05) is 18.2 Å². The standard InChI is InChI=1S/C15H20N2O3/c1-11-5-3-4-6-13(11)20-8-7-16-15(19)12-9-14(18)17(2)10-12/h3-6,12H,7-10H2,1-2H3,(H,16,19)/t12-/m1/s1. The van der Waals surface area contributed by atoms with Crippen LogP contribution in [0.4, 0.5) is 0 Å². The summed E-state index contributed by atoms with van der Waals surface area (Å²) in [7, 11) is 1.72.